The third-order valence-electron chi connectivity index (χ3n) is 4.04. The SMILES string of the molecule is CCCC(=O)c1cnc2ccc(-c3cc(Cl)c(O)c(Cl)c3)cc2c1N. The van der Waals surface area contributed by atoms with E-state index >= 15 is 0 Å². The molecule has 0 aliphatic carbocycles. The van der Waals surface area contributed by atoms with E-state index in [1.165, 1.54) is 6.20 Å². The molecule has 3 aromatic rings. The number of phenolic OH excluding ortho intramolecular Hbond substituents is 1. The maximum atomic E-state index is 12.2. The minimum Gasteiger partial charge on any atom is -0.505 e. The zero-order valence-electron chi connectivity index (χ0n) is 13.5. The summed E-state index contributed by atoms with van der Waals surface area (Å²) in [5, 5.41) is 10.7. The van der Waals surface area contributed by atoms with Crippen LogP contribution in [0, 0.1) is 0 Å². The molecule has 0 bridgehead atoms. The van der Waals surface area contributed by atoms with Crippen molar-refractivity contribution >= 4 is 45.6 Å². The molecule has 0 amide bonds. The molecule has 0 saturated carbocycles. The normalized spacial score (nSPS) is 11.0. The van der Waals surface area contributed by atoms with Gasteiger partial charge in [0.2, 0.25) is 0 Å². The summed E-state index contributed by atoms with van der Waals surface area (Å²) in [5.41, 5.74) is 9.33. The number of ketones is 1. The zero-order chi connectivity index (χ0) is 18.1. The number of phenols is 1. The number of nitrogens with two attached hydrogens (primary N) is 1. The van der Waals surface area contributed by atoms with Crippen molar-refractivity contribution < 1.29 is 9.90 Å². The van der Waals surface area contributed by atoms with Gasteiger partial charge >= 0.3 is 0 Å². The molecular formula is C19H16Cl2N2O2. The number of hydrogen-bond acceptors (Lipinski definition) is 4. The summed E-state index contributed by atoms with van der Waals surface area (Å²) >= 11 is 12.0. The van der Waals surface area contributed by atoms with Crippen molar-refractivity contribution in [3.63, 3.8) is 0 Å². The van der Waals surface area contributed by atoms with E-state index in [9.17, 15) is 9.90 Å². The molecule has 0 radical (unpaired) electrons. The van der Waals surface area contributed by atoms with Gasteiger partial charge in [-0.05, 0) is 41.8 Å². The number of aromatic nitrogens is 1. The molecule has 25 heavy (non-hydrogen) atoms. The summed E-state index contributed by atoms with van der Waals surface area (Å²) in [4.78, 5) is 16.5. The van der Waals surface area contributed by atoms with Gasteiger partial charge in [0.1, 0.15) is 0 Å². The van der Waals surface area contributed by atoms with Crippen LogP contribution in [-0.4, -0.2) is 15.9 Å². The average Bonchev–Trinajstić information content (AvgIpc) is 2.59. The van der Waals surface area contributed by atoms with Crippen molar-refractivity contribution in [3.8, 4) is 16.9 Å². The first-order valence-electron chi connectivity index (χ1n) is 7.82. The van der Waals surface area contributed by atoms with Crippen LogP contribution in [0.5, 0.6) is 5.75 Å². The van der Waals surface area contributed by atoms with Crippen LogP contribution in [-0.2, 0) is 0 Å². The second kappa shape index (κ2) is 6.90. The Labute approximate surface area is 155 Å². The Balaban J connectivity index is 2.16. The fourth-order valence-corrected chi connectivity index (χ4v) is 3.20. The van der Waals surface area contributed by atoms with Crippen molar-refractivity contribution in [1.82, 2.24) is 4.98 Å². The molecule has 128 valence electrons. The number of rotatable bonds is 4. The Hall–Kier alpha value is -2.30. The lowest BCUT2D eigenvalue weighted by Gasteiger charge is -2.10. The van der Waals surface area contributed by atoms with Crippen LogP contribution in [0.3, 0.4) is 0 Å². The summed E-state index contributed by atoms with van der Waals surface area (Å²) in [6, 6.07) is 8.78. The van der Waals surface area contributed by atoms with Gasteiger partial charge < -0.3 is 10.8 Å². The Morgan fingerprint density at radius 2 is 1.84 bits per heavy atom. The highest BCUT2D eigenvalue weighted by molar-refractivity contribution is 6.37. The van der Waals surface area contributed by atoms with Gasteiger partial charge in [-0.2, -0.15) is 0 Å². The maximum Gasteiger partial charge on any atom is 0.166 e. The highest BCUT2D eigenvalue weighted by Gasteiger charge is 2.14. The van der Waals surface area contributed by atoms with Crippen LogP contribution in [0.2, 0.25) is 10.0 Å². The number of anilines is 1. The summed E-state index contributed by atoms with van der Waals surface area (Å²) < 4.78 is 0. The van der Waals surface area contributed by atoms with Crippen LogP contribution < -0.4 is 5.73 Å². The Morgan fingerprint density at radius 1 is 1.16 bits per heavy atom. The second-order valence-electron chi connectivity index (χ2n) is 5.78. The van der Waals surface area contributed by atoms with E-state index in [1.54, 1.807) is 12.1 Å². The van der Waals surface area contributed by atoms with Gasteiger partial charge in [0, 0.05) is 18.0 Å². The van der Waals surface area contributed by atoms with Crippen molar-refractivity contribution in [2.75, 3.05) is 5.73 Å². The number of halogens is 2. The summed E-state index contributed by atoms with van der Waals surface area (Å²) in [6.07, 6.45) is 2.71. The fraction of sp³-hybridized carbons (Fsp3) is 0.158. The van der Waals surface area contributed by atoms with Gasteiger partial charge in [-0.25, -0.2) is 0 Å². The molecule has 0 fully saturated rings. The molecule has 3 rings (SSSR count). The molecule has 0 spiro atoms. The Bertz CT molecular complexity index is 964. The third kappa shape index (κ3) is 3.28. The van der Waals surface area contributed by atoms with Crippen LogP contribution in [0.4, 0.5) is 5.69 Å². The van der Waals surface area contributed by atoms with Crippen LogP contribution in [0.1, 0.15) is 30.1 Å². The van der Waals surface area contributed by atoms with Crippen molar-refractivity contribution in [1.29, 1.82) is 0 Å². The molecule has 0 unspecified atom stereocenters. The van der Waals surface area contributed by atoms with Gasteiger partial charge in [0.15, 0.2) is 11.5 Å². The monoisotopic (exact) mass is 374 g/mol. The van der Waals surface area contributed by atoms with Gasteiger partial charge in [0.05, 0.1) is 26.8 Å². The third-order valence-corrected chi connectivity index (χ3v) is 4.61. The predicted molar refractivity (Wildman–Crippen MR) is 103 cm³/mol. The summed E-state index contributed by atoms with van der Waals surface area (Å²) in [7, 11) is 0. The standard InChI is InChI=1S/C19H16Cl2N2O2/c1-2-3-17(24)13-9-23-16-5-4-10(6-12(16)18(13)22)11-7-14(20)19(25)15(21)8-11/h4-9,25H,2-3H2,1H3,(H2,22,23). The first kappa shape index (κ1) is 17.5. The quantitative estimate of drug-likeness (QED) is 0.592. The molecular weight excluding hydrogens is 359 g/mol. The van der Waals surface area contributed by atoms with E-state index < -0.39 is 0 Å². The average molecular weight is 375 g/mol. The molecule has 0 aliphatic heterocycles. The first-order chi connectivity index (χ1) is 11.9. The maximum absolute atomic E-state index is 12.2. The molecule has 0 saturated heterocycles. The number of carbonyl (C=O) groups is 1. The topological polar surface area (TPSA) is 76.2 Å². The van der Waals surface area contributed by atoms with E-state index in [-0.39, 0.29) is 21.6 Å². The van der Waals surface area contributed by atoms with Gasteiger partial charge in [-0.15, -0.1) is 0 Å². The molecule has 1 aromatic heterocycles. The van der Waals surface area contributed by atoms with Gasteiger partial charge in [0.25, 0.3) is 0 Å². The smallest absolute Gasteiger partial charge is 0.166 e. The number of fused-ring (bicyclic) bond motifs is 1. The van der Waals surface area contributed by atoms with Crippen LogP contribution in [0.25, 0.3) is 22.0 Å². The van der Waals surface area contributed by atoms with Gasteiger partial charge in [-0.3, -0.25) is 9.78 Å². The minimum atomic E-state index is -0.151. The number of aromatic hydroxyl groups is 1. The molecule has 1 heterocycles. The highest BCUT2D eigenvalue weighted by Crippen LogP contribution is 2.37. The van der Waals surface area contributed by atoms with E-state index in [0.29, 0.717) is 28.6 Å². The number of nitrogens with zero attached hydrogens (tertiary/aromatic N) is 1. The second-order valence-corrected chi connectivity index (χ2v) is 6.59. The number of pyridine rings is 1. The number of Topliss-reactive ketones (excluding diaryl/α,β-unsaturated/α-hetero) is 1. The fourth-order valence-electron chi connectivity index (χ4n) is 2.71. The summed E-state index contributed by atoms with van der Waals surface area (Å²) in [6.45, 7) is 1.94. The van der Waals surface area contributed by atoms with Crippen LogP contribution >= 0.6 is 23.2 Å². The number of nitrogen functional groups attached to an aromatic ring is 1. The number of carbonyl (C=O) groups excluding carboxylic acids is 1. The predicted octanol–water partition coefficient (Wildman–Crippen LogP) is 5.48. The van der Waals surface area contributed by atoms with E-state index in [2.05, 4.69) is 4.98 Å². The van der Waals surface area contributed by atoms with Crippen molar-refractivity contribution in [2.45, 2.75) is 19.8 Å². The minimum absolute atomic E-state index is 0.0180. The lowest BCUT2D eigenvalue weighted by molar-refractivity contribution is 0.0982. The molecule has 6 heteroatoms. The van der Waals surface area contributed by atoms with Crippen LogP contribution in [0.15, 0.2) is 36.5 Å². The first-order valence-corrected chi connectivity index (χ1v) is 8.57. The molecule has 2 aromatic carbocycles. The molecule has 4 nitrogen and oxygen atoms in total. The highest BCUT2D eigenvalue weighted by atomic mass is 35.5. The van der Waals surface area contributed by atoms with E-state index in [4.69, 9.17) is 28.9 Å². The Kier molecular flexibility index (Phi) is 4.84. The Morgan fingerprint density at radius 3 is 2.48 bits per heavy atom. The number of benzene rings is 2. The largest absolute Gasteiger partial charge is 0.505 e. The van der Waals surface area contributed by atoms with E-state index in [0.717, 1.165) is 17.5 Å². The molecule has 0 atom stereocenters. The lowest BCUT2D eigenvalue weighted by atomic mass is 9.99. The van der Waals surface area contributed by atoms with Crippen molar-refractivity contribution in [2.24, 2.45) is 0 Å². The lowest BCUT2D eigenvalue weighted by Crippen LogP contribution is -2.05. The van der Waals surface area contributed by atoms with Crippen molar-refractivity contribution in [3.05, 3.63) is 52.1 Å². The molecule has 3 N–H and O–H groups in total. The summed E-state index contributed by atoms with van der Waals surface area (Å²) in [5.74, 6) is -0.169. The van der Waals surface area contributed by atoms with Gasteiger partial charge in [-0.1, -0.05) is 36.2 Å². The van der Waals surface area contributed by atoms with E-state index in [1.807, 2.05) is 25.1 Å². The molecule has 0 aliphatic rings. The zero-order valence-corrected chi connectivity index (χ0v) is 15.0. The number of hydrogen-bond donors (Lipinski definition) is 2.